The highest BCUT2D eigenvalue weighted by atomic mass is 32.2. The molecule has 2 nitrogen and oxygen atoms in total. The second-order valence-electron chi connectivity index (χ2n) is 9.65. The molecule has 1 heterocycles. The van der Waals surface area contributed by atoms with Gasteiger partial charge in [-0.2, -0.15) is 0 Å². The van der Waals surface area contributed by atoms with Gasteiger partial charge in [0, 0.05) is 22.4 Å². The second kappa shape index (κ2) is 9.43. The van der Waals surface area contributed by atoms with Crippen molar-refractivity contribution in [1.82, 2.24) is 9.55 Å². The van der Waals surface area contributed by atoms with Crippen LogP contribution in [-0.4, -0.2) is 9.55 Å². The number of hydrogen-bond acceptors (Lipinski definition) is 2. The summed E-state index contributed by atoms with van der Waals surface area (Å²) < 4.78 is 59.0. The van der Waals surface area contributed by atoms with Crippen LogP contribution in [0.2, 0.25) is 0 Å². The van der Waals surface area contributed by atoms with E-state index in [-0.39, 0.29) is 23.0 Å². The van der Waals surface area contributed by atoms with Crippen LogP contribution in [0, 0.1) is 37.1 Å². The number of thioether (sulfide) groups is 1. The molecule has 0 aliphatic heterocycles. The fraction of sp³-hybridized carbons (Fsp3) is 0.276. The van der Waals surface area contributed by atoms with Crippen molar-refractivity contribution in [3.8, 4) is 5.69 Å². The molecule has 5 rings (SSSR count). The summed E-state index contributed by atoms with van der Waals surface area (Å²) in [6.07, 6.45) is 2.47. The molecule has 1 atom stereocenters. The number of aromatic nitrogens is 2. The smallest absolute Gasteiger partial charge is 0.173 e. The number of fused-ring (bicyclic) bond motifs is 1. The third-order valence-electron chi connectivity index (χ3n) is 7.04. The van der Waals surface area contributed by atoms with Gasteiger partial charge in [0.15, 0.2) is 5.16 Å². The molecule has 1 unspecified atom stereocenters. The van der Waals surface area contributed by atoms with Crippen molar-refractivity contribution >= 4 is 11.8 Å². The molecule has 0 saturated carbocycles. The van der Waals surface area contributed by atoms with E-state index in [1.165, 1.54) is 42.1 Å². The summed E-state index contributed by atoms with van der Waals surface area (Å²) in [5.41, 5.74) is 4.12. The van der Waals surface area contributed by atoms with E-state index in [0.29, 0.717) is 22.0 Å². The molecule has 0 saturated heterocycles. The van der Waals surface area contributed by atoms with E-state index in [0.717, 1.165) is 36.2 Å². The van der Waals surface area contributed by atoms with Crippen LogP contribution in [0.1, 0.15) is 53.4 Å². The molecular formula is C29H26F4N2S. The number of aryl methyl sites for hydroxylation is 3. The molecule has 4 aromatic rings. The van der Waals surface area contributed by atoms with Gasteiger partial charge in [-0.3, -0.25) is 4.57 Å². The first-order chi connectivity index (χ1) is 17.2. The Hall–Kier alpha value is -3.06. The molecule has 0 fully saturated rings. The molecular weight excluding hydrogens is 484 g/mol. The molecule has 3 aromatic carbocycles. The number of nitrogens with zero attached hydrogens (tertiary/aromatic N) is 2. The van der Waals surface area contributed by atoms with Crippen LogP contribution in [0.25, 0.3) is 5.69 Å². The highest BCUT2D eigenvalue weighted by molar-refractivity contribution is 7.98. The minimum atomic E-state index is -0.587. The number of rotatable bonds is 5. The van der Waals surface area contributed by atoms with Crippen molar-refractivity contribution in [2.24, 2.45) is 0 Å². The SMILES string of the molecule is Cc1cc(F)c(CSc2nc3c(n2-c2ccc(F)cc2)C(C)(c2ccc(F)c(C)c2)CCC3)c(F)c1. The van der Waals surface area contributed by atoms with Gasteiger partial charge >= 0.3 is 0 Å². The monoisotopic (exact) mass is 510 g/mol. The molecule has 36 heavy (non-hydrogen) atoms. The summed E-state index contributed by atoms with van der Waals surface area (Å²) >= 11 is 1.25. The number of halogens is 4. The fourth-order valence-electron chi connectivity index (χ4n) is 5.11. The van der Waals surface area contributed by atoms with Gasteiger partial charge < -0.3 is 0 Å². The van der Waals surface area contributed by atoms with E-state index in [9.17, 15) is 17.6 Å². The predicted octanol–water partition coefficient (Wildman–Crippen LogP) is 7.98. The van der Waals surface area contributed by atoms with Crippen molar-refractivity contribution in [2.75, 3.05) is 0 Å². The van der Waals surface area contributed by atoms with E-state index in [1.54, 1.807) is 26.0 Å². The van der Waals surface area contributed by atoms with Gasteiger partial charge in [0.25, 0.3) is 0 Å². The lowest BCUT2D eigenvalue weighted by molar-refractivity contribution is 0.441. The molecule has 0 N–H and O–H groups in total. The Kier molecular flexibility index (Phi) is 6.45. The third kappa shape index (κ3) is 4.34. The van der Waals surface area contributed by atoms with E-state index >= 15 is 0 Å². The summed E-state index contributed by atoms with van der Waals surface area (Å²) in [4.78, 5) is 4.92. The first kappa shape index (κ1) is 24.6. The minimum Gasteiger partial charge on any atom is -0.291 e. The average molecular weight is 511 g/mol. The Balaban J connectivity index is 1.66. The van der Waals surface area contributed by atoms with Crippen LogP contribution in [0.15, 0.2) is 59.8 Å². The Morgan fingerprint density at radius 1 is 0.917 bits per heavy atom. The molecule has 0 amide bonds. The Labute approximate surface area is 212 Å². The van der Waals surface area contributed by atoms with Crippen molar-refractivity contribution < 1.29 is 17.6 Å². The summed E-state index contributed by atoms with van der Waals surface area (Å²) in [5, 5.41) is 0.581. The van der Waals surface area contributed by atoms with Gasteiger partial charge in [0.1, 0.15) is 23.3 Å². The lowest BCUT2D eigenvalue weighted by Crippen LogP contribution is -2.31. The van der Waals surface area contributed by atoms with Crippen molar-refractivity contribution in [1.29, 1.82) is 0 Å². The lowest BCUT2D eigenvalue weighted by Gasteiger charge is -2.36. The molecule has 186 valence electrons. The predicted molar refractivity (Wildman–Crippen MR) is 135 cm³/mol. The van der Waals surface area contributed by atoms with E-state index < -0.39 is 17.0 Å². The summed E-state index contributed by atoms with van der Waals surface area (Å²) in [6, 6.07) is 13.9. The lowest BCUT2D eigenvalue weighted by atomic mass is 9.71. The van der Waals surface area contributed by atoms with E-state index in [1.807, 2.05) is 16.7 Å². The molecule has 1 aliphatic carbocycles. The summed E-state index contributed by atoms with van der Waals surface area (Å²) in [6.45, 7) is 5.51. The molecule has 1 aliphatic rings. The second-order valence-corrected chi connectivity index (χ2v) is 10.6. The van der Waals surface area contributed by atoms with Gasteiger partial charge in [-0.25, -0.2) is 22.5 Å². The summed E-state index contributed by atoms with van der Waals surface area (Å²) in [7, 11) is 0. The topological polar surface area (TPSA) is 17.8 Å². The minimum absolute atomic E-state index is 0.00542. The maximum absolute atomic E-state index is 14.6. The van der Waals surface area contributed by atoms with Crippen LogP contribution >= 0.6 is 11.8 Å². The van der Waals surface area contributed by atoms with E-state index in [4.69, 9.17) is 4.98 Å². The van der Waals surface area contributed by atoms with Crippen LogP contribution in [0.5, 0.6) is 0 Å². The molecule has 1 aromatic heterocycles. The zero-order chi connectivity index (χ0) is 25.6. The molecule has 0 bridgehead atoms. The fourth-order valence-corrected chi connectivity index (χ4v) is 6.16. The Morgan fingerprint density at radius 2 is 1.61 bits per heavy atom. The van der Waals surface area contributed by atoms with Crippen LogP contribution in [-0.2, 0) is 17.6 Å². The first-order valence-corrected chi connectivity index (χ1v) is 12.9. The van der Waals surface area contributed by atoms with Gasteiger partial charge in [-0.15, -0.1) is 0 Å². The number of benzene rings is 3. The standard InChI is InChI=1S/C29H26F4N2S/c1-17-13-24(32)22(25(33)14-17)16-36-28-34-26-5-4-12-29(3,19-6-11-23(31)18(2)15-19)27(26)35(28)21-9-7-20(30)8-10-21/h6-11,13-15H,4-5,12,16H2,1-3H3. The molecule has 0 spiro atoms. The van der Waals surface area contributed by atoms with Gasteiger partial charge in [-0.1, -0.05) is 23.9 Å². The van der Waals surface area contributed by atoms with Crippen LogP contribution < -0.4 is 0 Å². The van der Waals surface area contributed by atoms with Crippen LogP contribution in [0.4, 0.5) is 17.6 Å². The van der Waals surface area contributed by atoms with Gasteiger partial charge in [-0.05, 0) is 99.2 Å². The Morgan fingerprint density at radius 3 is 2.28 bits per heavy atom. The average Bonchev–Trinajstić information content (AvgIpc) is 3.20. The van der Waals surface area contributed by atoms with Crippen molar-refractivity contribution in [3.63, 3.8) is 0 Å². The zero-order valence-corrected chi connectivity index (χ0v) is 21.2. The van der Waals surface area contributed by atoms with Gasteiger partial charge in [0.05, 0.1) is 11.4 Å². The van der Waals surface area contributed by atoms with Crippen molar-refractivity contribution in [3.05, 3.63) is 112 Å². The quantitative estimate of drug-likeness (QED) is 0.200. The highest BCUT2D eigenvalue weighted by Crippen LogP contribution is 2.45. The van der Waals surface area contributed by atoms with Gasteiger partial charge in [0.2, 0.25) is 0 Å². The summed E-state index contributed by atoms with van der Waals surface area (Å²) in [5.74, 6) is -1.74. The maximum atomic E-state index is 14.6. The normalized spacial score (nSPS) is 17.3. The Bertz CT molecular complexity index is 1420. The number of hydrogen-bond donors (Lipinski definition) is 0. The van der Waals surface area contributed by atoms with E-state index in [2.05, 4.69) is 6.92 Å². The van der Waals surface area contributed by atoms with Crippen molar-refractivity contribution in [2.45, 2.75) is 56.4 Å². The molecule has 7 heteroatoms. The zero-order valence-electron chi connectivity index (χ0n) is 20.3. The highest BCUT2D eigenvalue weighted by Gasteiger charge is 2.39. The largest absolute Gasteiger partial charge is 0.291 e. The maximum Gasteiger partial charge on any atom is 0.173 e. The third-order valence-corrected chi connectivity index (χ3v) is 8.01. The molecule has 0 radical (unpaired) electrons. The first-order valence-electron chi connectivity index (χ1n) is 11.9. The van der Waals surface area contributed by atoms with Crippen LogP contribution in [0.3, 0.4) is 0 Å². The number of imidazole rings is 1.